The summed E-state index contributed by atoms with van der Waals surface area (Å²) in [5.74, 6) is -1.07. The van der Waals surface area contributed by atoms with E-state index in [4.69, 9.17) is 11.6 Å². The summed E-state index contributed by atoms with van der Waals surface area (Å²) in [4.78, 5) is 28.4. The van der Waals surface area contributed by atoms with Crippen molar-refractivity contribution in [2.45, 2.75) is 6.18 Å². The van der Waals surface area contributed by atoms with Gasteiger partial charge in [-0.1, -0.05) is 23.7 Å². The number of rotatable bonds is 4. The van der Waals surface area contributed by atoms with Gasteiger partial charge in [-0.3, -0.25) is 9.59 Å². The summed E-state index contributed by atoms with van der Waals surface area (Å²) >= 11 is 5.68. The highest BCUT2D eigenvalue weighted by molar-refractivity contribution is 6.29. The monoisotopic (exact) mass is 419 g/mol. The van der Waals surface area contributed by atoms with E-state index >= 15 is 0 Å². The zero-order valence-corrected chi connectivity index (χ0v) is 15.4. The van der Waals surface area contributed by atoms with Gasteiger partial charge in [-0.15, -0.1) is 0 Å². The molecule has 0 aliphatic heterocycles. The molecule has 1 aromatic heterocycles. The number of benzene rings is 2. The van der Waals surface area contributed by atoms with Gasteiger partial charge in [-0.05, 0) is 48.5 Å². The molecule has 5 nitrogen and oxygen atoms in total. The zero-order chi connectivity index (χ0) is 21.0. The first-order chi connectivity index (χ1) is 13.7. The SMILES string of the molecule is O=C(Nc1cccc(C(=O)Nc2cccc(C(F)(F)F)c2)c1)c1ccc(Cl)nc1. The van der Waals surface area contributed by atoms with Crippen LogP contribution in [0.2, 0.25) is 5.15 Å². The van der Waals surface area contributed by atoms with Crippen molar-refractivity contribution < 1.29 is 22.8 Å². The molecule has 0 aliphatic rings. The highest BCUT2D eigenvalue weighted by atomic mass is 35.5. The third kappa shape index (κ3) is 5.32. The molecule has 0 radical (unpaired) electrons. The summed E-state index contributed by atoms with van der Waals surface area (Å²) < 4.78 is 38.4. The summed E-state index contributed by atoms with van der Waals surface area (Å²) in [5.41, 5.74) is -0.0938. The second-order valence-electron chi connectivity index (χ2n) is 5.94. The van der Waals surface area contributed by atoms with Gasteiger partial charge in [0.1, 0.15) is 5.15 Å². The van der Waals surface area contributed by atoms with E-state index in [2.05, 4.69) is 15.6 Å². The number of nitrogens with zero attached hydrogens (tertiary/aromatic N) is 1. The molecular weight excluding hydrogens is 407 g/mol. The fourth-order valence-corrected chi connectivity index (χ4v) is 2.54. The van der Waals surface area contributed by atoms with Gasteiger partial charge >= 0.3 is 6.18 Å². The second-order valence-corrected chi connectivity index (χ2v) is 6.32. The number of carbonyl (C=O) groups excluding carboxylic acids is 2. The lowest BCUT2D eigenvalue weighted by molar-refractivity contribution is -0.137. The van der Waals surface area contributed by atoms with Crippen molar-refractivity contribution in [1.29, 1.82) is 0 Å². The van der Waals surface area contributed by atoms with Crippen molar-refractivity contribution in [2.24, 2.45) is 0 Å². The van der Waals surface area contributed by atoms with E-state index < -0.39 is 23.6 Å². The molecule has 2 aromatic carbocycles. The van der Waals surface area contributed by atoms with Gasteiger partial charge in [0.05, 0.1) is 11.1 Å². The van der Waals surface area contributed by atoms with Gasteiger partial charge in [0.2, 0.25) is 0 Å². The van der Waals surface area contributed by atoms with E-state index in [9.17, 15) is 22.8 Å². The lowest BCUT2D eigenvalue weighted by atomic mass is 10.1. The fourth-order valence-electron chi connectivity index (χ4n) is 2.43. The Labute approximate surface area is 168 Å². The maximum atomic E-state index is 12.8. The summed E-state index contributed by atoms with van der Waals surface area (Å²) in [5, 5.41) is 5.27. The Balaban J connectivity index is 1.73. The van der Waals surface area contributed by atoms with Crippen LogP contribution in [0.5, 0.6) is 0 Å². The number of amides is 2. The summed E-state index contributed by atoms with van der Waals surface area (Å²) in [6.07, 6.45) is -3.21. The molecule has 1 heterocycles. The molecule has 0 unspecified atom stereocenters. The summed E-state index contributed by atoms with van der Waals surface area (Å²) in [6, 6.07) is 13.3. The molecular formula is C20H13ClF3N3O2. The topological polar surface area (TPSA) is 71.1 Å². The predicted molar refractivity (Wildman–Crippen MR) is 103 cm³/mol. The Morgan fingerprint density at radius 1 is 0.828 bits per heavy atom. The van der Waals surface area contributed by atoms with E-state index in [1.54, 1.807) is 6.07 Å². The van der Waals surface area contributed by atoms with E-state index in [0.29, 0.717) is 5.69 Å². The molecule has 29 heavy (non-hydrogen) atoms. The van der Waals surface area contributed by atoms with Crippen LogP contribution in [0.15, 0.2) is 66.9 Å². The van der Waals surface area contributed by atoms with Gasteiger partial charge in [0.15, 0.2) is 0 Å². The van der Waals surface area contributed by atoms with Crippen LogP contribution in [-0.2, 0) is 6.18 Å². The van der Waals surface area contributed by atoms with Crippen LogP contribution in [0.1, 0.15) is 26.3 Å². The van der Waals surface area contributed by atoms with Gasteiger partial charge in [-0.25, -0.2) is 4.98 Å². The number of nitrogens with one attached hydrogen (secondary N) is 2. The van der Waals surface area contributed by atoms with Crippen LogP contribution in [0.4, 0.5) is 24.5 Å². The van der Waals surface area contributed by atoms with Crippen LogP contribution in [0.25, 0.3) is 0 Å². The summed E-state index contributed by atoms with van der Waals surface area (Å²) in [7, 11) is 0. The second kappa shape index (κ2) is 8.32. The number of alkyl halides is 3. The predicted octanol–water partition coefficient (Wildman–Crippen LogP) is 5.26. The smallest absolute Gasteiger partial charge is 0.322 e. The standard InChI is InChI=1S/C20H13ClF3N3O2/c21-17-8-7-13(11-25-17)19(29)26-15-5-1-3-12(9-15)18(28)27-16-6-2-4-14(10-16)20(22,23)24/h1-11H,(H,26,29)(H,27,28). The number of aromatic nitrogens is 1. The molecule has 0 aliphatic carbocycles. The Hall–Kier alpha value is -3.39. The Morgan fingerprint density at radius 3 is 2.07 bits per heavy atom. The molecule has 0 fully saturated rings. The van der Waals surface area contributed by atoms with Crippen LogP contribution in [-0.4, -0.2) is 16.8 Å². The molecule has 2 amide bonds. The first-order valence-electron chi connectivity index (χ1n) is 8.24. The molecule has 0 spiro atoms. The van der Waals surface area contributed by atoms with Gasteiger partial charge in [-0.2, -0.15) is 13.2 Å². The van der Waals surface area contributed by atoms with E-state index in [1.807, 2.05) is 0 Å². The molecule has 3 rings (SSSR count). The zero-order valence-electron chi connectivity index (χ0n) is 14.6. The third-order valence-corrected chi connectivity index (χ3v) is 4.04. The maximum Gasteiger partial charge on any atom is 0.416 e. The van der Waals surface area contributed by atoms with Crippen LogP contribution >= 0.6 is 11.6 Å². The van der Waals surface area contributed by atoms with Crippen molar-refractivity contribution in [3.8, 4) is 0 Å². The lowest BCUT2D eigenvalue weighted by Gasteiger charge is -2.11. The first kappa shape index (κ1) is 20.3. The first-order valence-corrected chi connectivity index (χ1v) is 8.62. The average molecular weight is 420 g/mol. The third-order valence-electron chi connectivity index (χ3n) is 3.82. The molecule has 0 saturated heterocycles. The van der Waals surface area contributed by atoms with Gasteiger partial charge in [0.25, 0.3) is 11.8 Å². The summed E-state index contributed by atoms with van der Waals surface area (Å²) in [6.45, 7) is 0. The molecule has 2 N–H and O–H groups in total. The number of anilines is 2. The number of hydrogen-bond donors (Lipinski definition) is 2. The number of halogens is 4. The van der Waals surface area contributed by atoms with Crippen molar-refractivity contribution in [1.82, 2.24) is 4.98 Å². The molecule has 148 valence electrons. The molecule has 9 heteroatoms. The maximum absolute atomic E-state index is 12.8. The normalized spacial score (nSPS) is 11.0. The number of carbonyl (C=O) groups is 2. The van der Waals surface area contributed by atoms with Crippen molar-refractivity contribution in [2.75, 3.05) is 10.6 Å². The van der Waals surface area contributed by atoms with Crippen molar-refractivity contribution >= 4 is 34.8 Å². The van der Waals surface area contributed by atoms with E-state index in [-0.39, 0.29) is 22.0 Å². The van der Waals surface area contributed by atoms with Crippen LogP contribution in [0, 0.1) is 0 Å². The Morgan fingerprint density at radius 2 is 1.45 bits per heavy atom. The Kier molecular flexibility index (Phi) is 5.84. The minimum atomic E-state index is -4.51. The van der Waals surface area contributed by atoms with E-state index in [1.165, 1.54) is 48.7 Å². The highest BCUT2D eigenvalue weighted by Crippen LogP contribution is 2.30. The Bertz CT molecular complexity index is 1050. The van der Waals surface area contributed by atoms with E-state index in [0.717, 1.165) is 12.1 Å². The average Bonchev–Trinajstić information content (AvgIpc) is 2.68. The molecule has 0 bridgehead atoms. The van der Waals surface area contributed by atoms with Crippen molar-refractivity contribution in [3.05, 3.63) is 88.7 Å². The highest BCUT2D eigenvalue weighted by Gasteiger charge is 2.30. The van der Waals surface area contributed by atoms with Crippen molar-refractivity contribution in [3.63, 3.8) is 0 Å². The number of pyridine rings is 1. The molecule has 3 aromatic rings. The van der Waals surface area contributed by atoms with Crippen LogP contribution < -0.4 is 10.6 Å². The largest absolute Gasteiger partial charge is 0.416 e. The van der Waals surface area contributed by atoms with Crippen LogP contribution in [0.3, 0.4) is 0 Å². The minimum Gasteiger partial charge on any atom is -0.322 e. The fraction of sp³-hybridized carbons (Fsp3) is 0.0500. The lowest BCUT2D eigenvalue weighted by Crippen LogP contribution is -2.15. The van der Waals surface area contributed by atoms with Gasteiger partial charge < -0.3 is 10.6 Å². The van der Waals surface area contributed by atoms with Gasteiger partial charge in [0, 0.05) is 23.1 Å². The molecule has 0 saturated carbocycles. The quantitative estimate of drug-likeness (QED) is 0.567. The number of hydrogen-bond acceptors (Lipinski definition) is 3. The minimum absolute atomic E-state index is 0.00602. The molecule has 0 atom stereocenters.